The lowest BCUT2D eigenvalue weighted by Gasteiger charge is -2.25. The highest BCUT2D eigenvalue weighted by Crippen LogP contribution is 2.28. The van der Waals surface area contributed by atoms with Crippen molar-refractivity contribution in [3.05, 3.63) is 22.7 Å². The van der Waals surface area contributed by atoms with Crippen LogP contribution in [0.3, 0.4) is 0 Å². The summed E-state index contributed by atoms with van der Waals surface area (Å²) in [6.45, 7) is 3.69. The molecule has 94 valence electrons. The molecule has 0 radical (unpaired) electrons. The maximum absolute atomic E-state index is 12.0. The first-order chi connectivity index (χ1) is 8.31. The highest BCUT2D eigenvalue weighted by atomic mass is 16.1. The van der Waals surface area contributed by atoms with Gasteiger partial charge in [0.05, 0.1) is 0 Å². The smallest absolute Gasteiger partial charge is 0.293 e. The molecule has 1 aromatic heterocycles. The van der Waals surface area contributed by atoms with E-state index in [1.54, 1.807) is 17.0 Å². The van der Waals surface area contributed by atoms with Gasteiger partial charge in [0.25, 0.3) is 5.56 Å². The minimum Gasteiger partial charge on any atom is -0.365 e. The Morgan fingerprint density at radius 3 is 3.00 bits per heavy atom. The van der Waals surface area contributed by atoms with Crippen LogP contribution >= 0.6 is 0 Å². The fourth-order valence-corrected chi connectivity index (χ4v) is 2.16. The van der Waals surface area contributed by atoms with Crippen molar-refractivity contribution in [2.24, 2.45) is 5.92 Å². The average molecular weight is 235 g/mol. The Bertz CT molecular complexity index is 409. The van der Waals surface area contributed by atoms with Crippen molar-refractivity contribution in [3.63, 3.8) is 0 Å². The predicted molar refractivity (Wildman–Crippen MR) is 69.2 cm³/mol. The van der Waals surface area contributed by atoms with Gasteiger partial charge in [-0.25, -0.2) is 4.98 Å². The van der Waals surface area contributed by atoms with E-state index in [2.05, 4.69) is 17.2 Å². The number of nitrogens with one attached hydrogen (secondary N) is 1. The zero-order chi connectivity index (χ0) is 12.1. The lowest BCUT2D eigenvalue weighted by Crippen LogP contribution is -2.25. The highest BCUT2D eigenvalue weighted by molar-refractivity contribution is 5.30. The summed E-state index contributed by atoms with van der Waals surface area (Å²) >= 11 is 0. The van der Waals surface area contributed by atoms with E-state index < -0.39 is 0 Å². The Morgan fingerprint density at radius 1 is 1.53 bits per heavy atom. The molecule has 0 aliphatic heterocycles. The molecule has 1 saturated carbocycles. The molecule has 0 unspecified atom stereocenters. The summed E-state index contributed by atoms with van der Waals surface area (Å²) < 4.78 is 1.72. The number of hydrogen-bond donors (Lipinski definition) is 1. The summed E-state index contributed by atoms with van der Waals surface area (Å²) in [5.41, 5.74) is 0.00274. The molecule has 17 heavy (non-hydrogen) atoms. The Hall–Kier alpha value is -1.32. The molecule has 0 bridgehead atoms. The van der Waals surface area contributed by atoms with Crippen molar-refractivity contribution in [1.29, 1.82) is 0 Å². The van der Waals surface area contributed by atoms with Crippen LogP contribution in [0.15, 0.2) is 17.2 Å². The molecule has 1 heterocycles. The average Bonchev–Trinajstić information content (AvgIpc) is 2.27. The maximum atomic E-state index is 12.0. The number of aromatic nitrogens is 2. The Kier molecular flexibility index (Phi) is 4.18. The van der Waals surface area contributed by atoms with Crippen LogP contribution in [0, 0.1) is 5.92 Å². The number of anilines is 1. The van der Waals surface area contributed by atoms with E-state index in [1.165, 1.54) is 19.3 Å². The van der Waals surface area contributed by atoms with Gasteiger partial charge in [-0.2, -0.15) is 0 Å². The molecule has 0 spiro atoms. The van der Waals surface area contributed by atoms with Gasteiger partial charge in [-0.15, -0.1) is 0 Å². The second-order valence-electron chi connectivity index (χ2n) is 4.79. The zero-order valence-corrected chi connectivity index (χ0v) is 10.5. The van der Waals surface area contributed by atoms with Gasteiger partial charge >= 0.3 is 0 Å². The van der Waals surface area contributed by atoms with Crippen LogP contribution in [-0.4, -0.2) is 16.1 Å². The number of rotatable bonds is 6. The van der Waals surface area contributed by atoms with Crippen molar-refractivity contribution < 1.29 is 0 Å². The number of hydrogen-bond acceptors (Lipinski definition) is 3. The summed E-state index contributed by atoms with van der Waals surface area (Å²) in [4.78, 5) is 16.1. The second-order valence-corrected chi connectivity index (χ2v) is 4.79. The van der Waals surface area contributed by atoms with E-state index in [0.29, 0.717) is 5.82 Å². The normalized spacial score (nSPS) is 15.6. The molecule has 0 aromatic carbocycles. The largest absolute Gasteiger partial charge is 0.365 e. The molecule has 0 atom stereocenters. The first kappa shape index (κ1) is 12.1. The topological polar surface area (TPSA) is 46.9 Å². The number of nitrogens with zero attached hydrogens (tertiary/aromatic N) is 2. The van der Waals surface area contributed by atoms with Gasteiger partial charge in [0.2, 0.25) is 0 Å². The summed E-state index contributed by atoms with van der Waals surface area (Å²) in [6, 6.07) is 0. The van der Waals surface area contributed by atoms with E-state index in [4.69, 9.17) is 0 Å². The first-order valence-electron chi connectivity index (χ1n) is 6.60. The molecular weight excluding hydrogens is 214 g/mol. The second kappa shape index (κ2) is 5.84. The summed E-state index contributed by atoms with van der Waals surface area (Å²) in [5.74, 6) is 1.37. The zero-order valence-electron chi connectivity index (χ0n) is 10.5. The molecule has 0 saturated heterocycles. The lowest BCUT2D eigenvalue weighted by atomic mass is 9.83. The molecule has 1 aliphatic carbocycles. The third-order valence-electron chi connectivity index (χ3n) is 3.45. The van der Waals surface area contributed by atoms with E-state index in [1.807, 2.05) is 0 Å². The minimum atomic E-state index is 0.00274. The quantitative estimate of drug-likeness (QED) is 0.822. The third kappa shape index (κ3) is 3.08. The van der Waals surface area contributed by atoms with Crippen LogP contribution in [0.25, 0.3) is 0 Å². The Labute approximate surface area is 102 Å². The van der Waals surface area contributed by atoms with Gasteiger partial charge in [0, 0.05) is 25.5 Å². The summed E-state index contributed by atoms with van der Waals surface area (Å²) in [5, 5.41) is 3.17. The van der Waals surface area contributed by atoms with Crippen LogP contribution < -0.4 is 10.9 Å². The monoisotopic (exact) mass is 235 g/mol. The van der Waals surface area contributed by atoms with Crippen molar-refractivity contribution in [3.8, 4) is 0 Å². The molecule has 1 aliphatic rings. The standard InChI is InChI=1S/C13H21N3O/c1-2-9-16-10-8-15-12(13(16)17)14-7-6-11-4-3-5-11/h8,10-11H,2-7,9H2,1H3,(H,14,15). The van der Waals surface area contributed by atoms with E-state index in [0.717, 1.165) is 31.8 Å². The van der Waals surface area contributed by atoms with Gasteiger partial charge < -0.3 is 9.88 Å². The van der Waals surface area contributed by atoms with Crippen molar-refractivity contribution >= 4 is 5.82 Å². The maximum Gasteiger partial charge on any atom is 0.293 e. The molecule has 1 N–H and O–H groups in total. The molecule has 4 heteroatoms. The Morgan fingerprint density at radius 2 is 2.35 bits per heavy atom. The fourth-order valence-electron chi connectivity index (χ4n) is 2.16. The van der Waals surface area contributed by atoms with Gasteiger partial charge in [-0.05, 0) is 18.8 Å². The highest BCUT2D eigenvalue weighted by Gasteiger charge is 2.16. The molecule has 0 amide bonds. The first-order valence-corrected chi connectivity index (χ1v) is 6.60. The minimum absolute atomic E-state index is 0.00274. The van der Waals surface area contributed by atoms with Gasteiger partial charge in [0.15, 0.2) is 5.82 Å². The van der Waals surface area contributed by atoms with Crippen molar-refractivity contribution in [2.75, 3.05) is 11.9 Å². The molecule has 4 nitrogen and oxygen atoms in total. The summed E-state index contributed by atoms with van der Waals surface area (Å²) in [7, 11) is 0. The predicted octanol–water partition coefficient (Wildman–Crippen LogP) is 2.26. The van der Waals surface area contributed by atoms with E-state index in [-0.39, 0.29) is 5.56 Å². The van der Waals surface area contributed by atoms with Crippen LogP contribution in [-0.2, 0) is 6.54 Å². The van der Waals surface area contributed by atoms with Crippen LogP contribution in [0.5, 0.6) is 0 Å². The third-order valence-corrected chi connectivity index (χ3v) is 3.45. The van der Waals surface area contributed by atoms with E-state index >= 15 is 0 Å². The van der Waals surface area contributed by atoms with Gasteiger partial charge in [-0.3, -0.25) is 4.79 Å². The van der Waals surface area contributed by atoms with Crippen molar-refractivity contribution in [1.82, 2.24) is 9.55 Å². The Balaban J connectivity index is 1.90. The molecule has 1 fully saturated rings. The van der Waals surface area contributed by atoms with Gasteiger partial charge in [0.1, 0.15) is 0 Å². The van der Waals surface area contributed by atoms with Crippen LogP contribution in [0.2, 0.25) is 0 Å². The summed E-state index contributed by atoms with van der Waals surface area (Å²) in [6.07, 6.45) is 9.65. The fraction of sp³-hybridized carbons (Fsp3) is 0.692. The molecule has 1 aromatic rings. The van der Waals surface area contributed by atoms with Crippen LogP contribution in [0.4, 0.5) is 5.82 Å². The molecular formula is C13H21N3O. The van der Waals surface area contributed by atoms with Crippen molar-refractivity contribution in [2.45, 2.75) is 45.6 Å². The SMILES string of the molecule is CCCn1ccnc(NCCC2CCC2)c1=O. The molecule has 2 rings (SSSR count). The van der Waals surface area contributed by atoms with E-state index in [9.17, 15) is 4.79 Å². The lowest BCUT2D eigenvalue weighted by molar-refractivity contribution is 0.303. The number of aryl methyl sites for hydroxylation is 1. The van der Waals surface area contributed by atoms with Crippen LogP contribution in [0.1, 0.15) is 39.0 Å². The van der Waals surface area contributed by atoms with Gasteiger partial charge in [-0.1, -0.05) is 26.2 Å².